The lowest BCUT2D eigenvalue weighted by Crippen LogP contribution is -2.60. The highest BCUT2D eigenvalue weighted by atomic mass is 16.6. The van der Waals surface area contributed by atoms with E-state index in [0.717, 1.165) is 32.6 Å². The zero-order valence-electron chi connectivity index (χ0n) is 16.0. The molecule has 0 bridgehead atoms. The highest BCUT2D eigenvalue weighted by Crippen LogP contribution is 2.44. The Kier molecular flexibility index (Phi) is 4.57. The van der Waals surface area contributed by atoms with Crippen molar-refractivity contribution in [1.29, 1.82) is 0 Å². The number of amides is 1. The van der Waals surface area contributed by atoms with Crippen LogP contribution in [0.25, 0.3) is 11.1 Å². The van der Waals surface area contributed by atoms with E-state index in [-0.39, 0.29) is 17.6 Å². The van der Waals surface area contributed by atoms with Crippen molar-refractivity contribution < 1.29 is 14.3 Å². The van der Waals surface area contributed by atoms with Gasteiger partial charge < -0.3 is 19.7 Å². The summed E-state index contributed by atoms with van der Waals surface area (Å²) in [5, 5.41) is 3.59. The molecular weight excluding hydrogens is 352 g/mol. The quantitative estimate of drug-likeness (QED) is 0.870. The van der Waals surface area contributed by atoms with Crippen LogP contribution in [0.5, 0.6) is 0 Å². The number of rotatable bonds is 2. The van der Waals surface area contributed by atoms with Crippen LogP contribution in [0, 0.1) is 0 Å². The number of hydrogen-bond acceptors (Lipinski definition) is 4. The molecule has 2 aromatic carbocycles. The Labute approximate surface area is 165 Å². The van der Waals surface area contributed by atoms with Crippen molar-refractivity contribution in [2.45, 2.75) is 24.3 Å². The summed E-state index contributed by atoms with van der Waals surface area (Å²) >= 11 is 0. The minimum atomic E-state index is -0.201. The van der Waals surface area contributed by atoms with E-state index in [2.05, 4.69) is 53.8 Å². The van der Waals surface area contributed by atoms with Crippen molar-refractivity contribution >= 4 is 6.09 Å². The smallest absolute Gasteiger partial charge is 0.409 e. The normalized spacial score (nSPS) is 20.6. The van der Waals surface area contributed by atoms with Gasteiger partial charge in [-0.1, -0.05) is 48.5 Å². The molecule has 146 valence electrons. The largest absolute Gasteiger partial charge is 0.448 e. The fourth-order valence-corrected chi connectivity index (χ4v) is 4.83. The lowest BCUT2D eigenvalue weighted by atomic mass is 9.87. The summed E-state index contributed by atoms with van der Waals surface area (Å²) in [6.07, 6.45) is 1.63. The average molecular weight is 378 g/mol. The number of morpholine rings is 1. The maximum absolute atomic E-state index is 12.7. The predicted octanol–water partition coefficient (Wildman–Crippen LogP) is 3.39. The molecule has 5 heteroatoms. The van der Waals surface area contributed by atoms with Crippen LogP contribution < -0.4 is 5.32 Å². The first kappa shape index (κ1) is 17.7. The molecule has 0 radical (unpaired) electrons. The molecule has 2 aromatic rings. The summed E-state index contributed by atoms with van der Waals surface area (Å²) in [5.41, 5.74) is 5.04. The molecule has 3 aliphatic rings. The number of fused-ring (bicyclic) bond motifs is 3. The lowest BCUT2D eigenvalue weighted by molar-refractivity contribution is -0.00604. The van der Waals surface area contributed by atoms with Crippen LogP contribution in [0.4, 0.5) is 4.79 Å². The van der Waals surface area contributed by atoms with Gasteiger partial charge in [0.15, 0.2) is 0 Å². The van der Waals surface area contributed by atoms with Gasteiger partial charge in [-0.3, -0.25) is 0 Å². The molecule has 5 nitrogen and oxygen atoms in total. The summed E-state index contributed by atoms with van der Waals surface area (Å²) in [7, 11) is 0. The molecular formula is C23H26N2O3. The summed E-state index contributed by atoms with van der Waals surface area (Å²) in [6, 6.07) is 16.8. The molecule has 1 aliphatic carbocycles. The molecule has 28 heavy (non-hydrogen) atoms. The molecule has 1 amide bonds. The van der Waals surface area contributed by atoms with Gasteiger partial charge in [-0.15, -0.1) is 0 Å². The van der Waals surface area contributed by atoms with Gasteiger partial charge in [0.2, 0.25) is 0 Å². The van der Waals surface area contributed by atoms with Crippen molar-refractivity contribution in [2.75, 3.05) is 39.5 Å². The van der Waals surface area contributed by atoms with Crippen LogP contribution in [0.2, 0.25) is 0 Å². The van der Waals surface area contributed by atoms with E-state index in [0.29, 0.717) is 19.7 Å². The highest BCUT2D eigenvalue weighted by Gasteiger charge is 2.38. The van der Waals surface area contributed by atoms with Crippen LogP contribution in [0.15, 0.2) is 48.5 Å². The molecule has 2 aliphatic heterocycles. The maximum atomic E-state index is 12.7. The Morgan fingerprint density at radius 2 is 1.71 bits per heavy atom. The van der Waals surface area contributed by atoms with Gasteiger partial charge in [0.05, 0.1) is 13.2 Å². The molecule has 0 saturated carbocycles. The first-order chi connectivity index (χ1) is 13.8. The third-order valence-corrected chi connectivity index (χ3v) is 6.44. The lowest BCUT2D eigenvalue weighted by Gasteiger charge is -2.44. The Balaban J connectivity index is 1.24. The van der Waals surface area contributed by atoms with Crippen LogP contribution in [-0.2, 0) is 9.47 Å². The number of likely N-dealkylation sites (tertiary alicyclic amines) is 1. The number of carbonyl (C=O) groups excluding carboxylic acids is 1. The second kappa shape index (κ2) is 7.22. The van der Waals surface area contributed by atoms with Crippen molar-refractivity contribution in [2.24, 2.45) is 0 Å². The van der Waals surface area contributed by atoms with Gasteiger partial charge in [0.1, 0.15) is 6.61 Å². The minimum Gasteiger partial charge on any atom is -0.448 e. The van der Waals surface area contributed by atoms with Gasteiger partial charge in [0.25, 0.3) is 0 Å². The first-order valence-electron chi connectivity index (χ1n) is 10.2. The predicted molar refractivity (Wildman–Crippen MR) is 107 cm³/mol. The molecule has 0 unspecified atom stereocenters. The maximum Gasteiger partial charge on any atom is 0.409 e. The summed E-state index contributed by atoms with van der Waals surface area (Å²) < 4.78 is 11.4. The average Bonchev–Trinajstić information content (AvgIpc) is 3.07. The highest BCUT2D eigenvalue weighted by molar-refractivity contribution is 5.79. The SMILES string of the molecule is O=C(OCC1c2ccccc2-c2ccccc21)N1CCC2(CC1)COCCN2. The van der Waals surface area contributed by atoms with Crippen molar-refractivity contribution in [1.82, 2.24) is 10.2 Å². The monoisotopic (exact) mass is 378 g/mol. The van der Waals surface area contributed by atoms with E-state index in [1.54, 1.807) is 0 Å². The van der Waals surface area contributed by atoms with Crippen LogP contribution in [0.3, 0.4) is 0 Å². The third-order valence-electron chi connectivity index (χ3n) is 6.44. The van der Waals surface area contributed by atoms with E-state index >= 15 is 0 Å². The minimum absolute atomic E-state index is 0.0400. The van der Waals surface area contributed by atoms with Gasteiger partial charge in [-0.25, -0.2) is 4.79 Å². The number of carbonyl (C=O) groups is 1. The van der Waals surface area contributed by atoms with E-state index < -0.39 is 0 Å². The second-order valence-electron chi connectivity index (χ2n) is 8.05. The van der Waals surface area contributed by atoms with E-state index in [1.165, 1.54) is 22.3 Å². The molecule has 2 fully saturated rings. The van der Waals surface area contributed by atoms with Crippen LogP contribution >= 0.6 is 0 Å². The second-order valence-corrected chi connectivity index (χ2v) is 8.05. The number of nitrogens with one attached hydrogen (secondary N) is 1. The molecule has 0 atom stereocenters. The Bertz CT molecular complexity index is 820. The number of hydrogen-bond donors (Lipinski definition) is 1. The van der Waals surface area contributed by atoms with Crippen molar-refractivity contribution in [3.8, 4) is 11.1 Å². The molecule has 5 rings (SSSR count). The molecule has 1 N–H and O–H groups in total. The Morgan fingerprint density at radius 3 is 2.32 bits per heavy atom. The Morgan fingerprint density at radius 1 is 1.07 bits per heavy atom. The fourth-order valence-electron chi connectivity index (χ4n) is 4.83. The molecule has 0 aromatic heterocycles. The molecule has 2 saturated heterocycles. The van der Waals surface area contributed by atoms with E-state index in [4.69, 9.17) is 9.47 Å². The van der Waals surface area contributed by atoms with Gasteiger partial charge in [-0.05, 0) is 35.1 Å². The van der Waals surface area contributed by atoms with Crippen LogP contribution in [-0.4, -0.2) is 56.0 Å². The third kappa shape index (κ3) is 3.09. The standard InChI is InChI=1S/C23H26N2O3/c26-22(25-12-9-23(10-13-25)16-27-14-11-24-23)28-15-21-19-7-3-1-5-17(19)18-6-2-4-8-20(18)21/h1-8,21,24H,9-16H2. The summed E-state index contributed by atoms with van der Waals surface area (Å²) in [5.74, 6) is 0.112. The Hall–Kier alpha value is -2.37. The number of piperidine rings is 1. The number of benzene rings is 2. The zero-order chi connectivity index (χ0) is 19.0. The van der Waals surface area contributed by atoms with Gasteiger partial charge in [0, 0.05) is 31.1 Å². The van der Waals surface area contributed by atoms with Crippen molar-refractivity contribution in [3.05, 3.63) is 59.7 Å². The summed E-state index contributed by atoms with van der Waals surface area (Å²) in [6.45, 7) is 4.23. The molecule has 2 heterocycles. The summed E-state index contributed by atoms with van der Waals surface area (Å²) in [4.78, 5) is 14.5. The van der Waals surface area contributed by atoms with Crippen LogP contribution in [0.1, 0.15) is 29.9 Å². The first-order valence-corrected chi connectivity index (χ1v) is 10.2. The zero-order valence-corrected chi connectivity index (χ0v) is 16.0. The van der Waals surface area contributed by atoms with Gasteiger partial charge >= 0.3 is 6.09 Å². The van der Waals surface area contributed by atoms with Crippen molar-refractivity contribution in [3.63, 3.8) is 0 Å². The fraction of sp³-hybridized carbons (Fsp3) is 0.435. The number of ether oxygens (including phenoxy) is 2. The topological polar surface area (TPSA) is 50.8 Å². The molecule has 1 spiro atoms. The number of nitrogens with zero attached hydrogens (tertiary/aromatic N) is 1. The van der Waals surface area contributed by atoms with Gasteiger partial charge in [-0.2, -0.15) is 0 Å². The van der Waals surface area contributed by atoms with E-state index in [1.807, 2.05) is 4.90 Å². The van der Waals surface area contributed by atoms with E-state index in [9.17, 15) is 4.79 Å².